The zero-order valence-electron chi connectivity index (χ0n) is 37.2. The molecule has 3 aromatic rings. The van der Waals surface area contributed by atoms with Gasteiger partial charge in [0, 0.05) is 50.4 Å². The van der Waals surface area contributed by atoms with Crippen molar-refractivity contribution in [1.29, 1.82) is 0 Å². The van der Waals surface area contributed by atoms with E-state index >= 15 is 0 Å². The van der Waals surface area contributed by atoms with Crippen LogP contribution >= 0.6 is 7.82 Å². The summed E-state index contributed by atoms with van der Waals surface area (Å²) in [6.45, 7) is -2.36. The second kappa shape index (κ2) is 24.7. The van der Waals surface area contributed by atoms with Gasteiger partial charge >= 0.3 is 49.2 Å². The fourth-order valence-electron chi connectivity index (χ4n) is 8.13. The van der Waals surface area contributed by atoms with Crippen LogP contribution in [0.5, 0.6) is 0 Å². The van der Waals surface area contributed by atoms with Gasteiger partial charge in [0.15, 0.2) is 12.0 Å². The number of phosphoric ester groups is 1. The number of anilines is 1. The molecule has 3 heterocycles. The molecule has 6 rings (SSSR count). The number of Topliss-reactive ketones (excluding diaryl/α,β-unsaturated/α-hetero) is 1. The van der Waals surface area contributed by atoms with Crippen molar-refractivity contribution in [3.8, 4) is 11.1 Å². The van der Waals surface area contributed by atoms with E-state index in [0.29, 0.717) is 6.42 Å². The number of amides is 2. The van der Waals surface area contributed by atoms with Crippen LogP contribution in [0.2, 0.25) is 0 Å². The number of hydrogen-bond donors (Lipinski definition) is 10. The summed E-state index contributed by atoms with van der Waals surface area (Å²) in [4.78, 5) is 76.8. The molecule has 2 aliphatic heterocycles. The molecule has 0 bridgehead atoms. The Labute approximate surface area is 415 Å². The van der Waals surface area contributed by atoms with Gasteiger partial charge in [-0.25, -0.2) is 18.7 Å². The molecule has 11 atom stereocenters. The maximum atomic E-state index is 13.1. The Bertz CT molecular complexity index is 2340. The molecular formula is C42H53N5NaO20P. The Morgan fingerprint density at radius 3 is 2.29 bits per heavy atom. The molecule has 27 heteroatoms. The van der Waals surface area contributed by atoms with Gasteiger partial charge in [-0.2, -0.15) is 4.98 Å². The van der Waals surface area contributed by atoms with E-state index in [0.717, 1.165) is 33.0 Å². The number of aromatic nitrogens is 2. The predicted molar refractivity (Wildman–Crippen MR) is 227 cm³/mol. The smallest absolute Gasteiger partial charge is 0.544 e. The van der Waals surface area contributed by atoms with E-state index in [1.807, 2.05) is 48.5 Å². The van der Waals surface area contributed by atoms with Crippen LogP contribution < -0.4 is 56.7 Å². The Morgan fingerprint density at radius 2 is 1.65 bits per heavy atom. The van der Waals surface area contributed by atoms with Crippen molar-refractivity contribution in [1.82, 2.24) is 20.2 Å². The number of fused-ring (bicyclic) bond motifs is 3. The number of nitrogen functional groups attached to an aromatic ring is 1. The molecule has 2 fully saturated rings. The van der Waals surface area contributed by atoms with Crippen LogP contribution in [0.15, 0.2) is 65.6 Å². The average Bonchev–Trinajstić information content (AvgIpc) is 3.78. The van der Waals surface area contributed by atoms with Crippen molar-refractivity contribution in [3.05, 3.63) is 82.4 Å². The molecule has 25 nitrogen and oxygen atoms in total. The summed E-state index contributed by atoms with van der Waals surface area (Å²) in [5.41, 5.74) is 8.85. The zero-order valence-corrected chi connectivity index (χ0v) is 40.1. The van der Waals surface area contributed by atoms with Crippen molar-refractivity contribution in [2.75, 3.05) is 51.9 Å². The van der Waals surface area contributed by atoms with Gasteiger partial charge in [-0.05, 0) is 34.7 Å². The standard InChI is InChI=1S/C42H54N5O20P.Na/c43-32-10-13-47(40(58)46-32)38-36(55)35(54)31(65-38)21-64-68(60,61)67-42(39(56)57)17-29(50)27(37(66-42)34(53)30(51)19-48)16-22(49)18-45-33(52)11-15-62-14-5-12-44-41(59)63-20-28-25-8-3-1-6-23(25)24-7-2-4-9-26(24)28;/h1-4,6-10,13,27-31,34-38,48,50-51,53-55H,5,11-12,14-21H2,(H,44,59)(H,45,52)(H,56,57)(H,60,61)(H2,43,46,58);/q;+1/p-1/t27?,29?,30-,31-,34?,35+,36?,37?,38-,42?;/m1./s1. The number of alkyl carbamates (subject to hydrolysis) is 1. The Hall–Kier alpha value is -4.25. The van der Waals surface area contributed by atoms with Gasteiger partial charge in [0.05, 0.1) is 38.6 Å². The van der Waals surface area contributed by atoms with Gasteiger partial charge in [-0.3, -0.25) is 18.7 Å². The Balaban J connectivity index is 0.00000888. The van der Waals surface area contributed by atoms with Crippen LogP contribution in [-0.2, 0) is 46.9 Å². The van der Waals surface area contributed by atoms with Gasteiger partial charge in [0.1, 0.15) is 48.9 Å². The maximum Gasteiger partial charge on any atom is 1.00 e. The average molecular weight is 1000 g/mol. The minimum absolute atomic E-state index is 0. The molecule has 2 saturated heterocycles. The van der Waals surface area contributed by atoms with Gasteiger partial charge in [0.25, 0.3) is 0 Å². The summed E-state index contributed by atoms with van der Waals surface area (Å²) in [6.07, 6.45) is -16.6. The summed E-state index contributed by atoms with van der Waals surface area (Å²) < 4.78 is 45.4. The van der Waals surface area contributed by atoms with E-state index in [2.05, 4.69) is 15.6 Å². The number of carbonyl (C=O) groups excluding carboxylic acids is 4. The molecule has 0 radical (unpaired) electrons. The van der Waals surface area contributed by atoms with Crippen molar-refractivity contribution < 1.29 is 122 Å². The summed E-state index contributed by atoms with van der Waals surface area (Å²) in [5.74, 6) is -9.06. The predicted octanol–water partition coefficient (Wildman–Crippen LogP) is -6.08. The number of nitrogens with one attached hydrogen (secondary N) is 2. The number of aliphatic hydroxyl groups is 6. The number of hydrogen-bond acceptors (Lipinski definition) is 21. The summed E-state index contributed by atoms with van der Waals surface area (Å²) in [6, 6.07) is 17.1. The zero-order chi connectivity index (χ0) is 49.3. The number of nitrogens with two attached hydrogens (primary N) is 1. The number of ether oxygens (including phenoxy) is 4. The van der Waals surface area contributed by atoms with Crippen molar-refractivity contribution in [3.63, 3.8) is 0 Å². The normalized spacial score (nSPS) is 25.8. The molecule has 2 aromatic carbocycles. The van der Waals surface area contributed by atoms with Crippen LogP contribution in [0.1, 0.15) is 49.0 Å². The Kier molecular flexibility index (Phi) is 20.0. The number of phosphoric acid groups is 1. The molecule has 2 amide bonds. The van der Waals surface area contributed by atoms with Crippen LogP contribution in [0.4, 0.5) is 10.6 Å². The van der Waals surface area contributed by atoms with E-state index in [1.54, 1.807) is 0 Å². The molecule has 0 saturated carbocycles. The fraction of sp³-hybridized carbons (Fsp3) is 0.524. The molecule has 0 spiro atoms. The molecule has 69 heavy (non-hydrogen) atoms. The molecule has 1 aliphatic carbocycles. The van der Waals surface area contributed by atoms with E-state index < -0.39 is 131 Å². The molecule has 372 valence electrons. The molecule has 7 unspecified atom stereocenters. The first-order valence-electron chi connectivity index (χ1n) is 21.4. The van der Waals surface area contributed by atoms with E-state index in [1.165, 1.54) is 6.07 Å². The summed E-state index contributed by atoms with van der Waals surface area (Å²) >= 11 is 0. The number of carboxylic acids is 1. The topological polar surface area (TPSA) is 390 Å². The van der Waals surface area contributed by atoms with Gasteiger partial charge < -0.3 is 80.7 Å². The van der Waals surface area contributed by atoms with Gasteiger partial charge in [-0.15, -0.1) is 0 Å². The fourth-order valence-corrected chi connectivity index (χ4v) is 9.08. The third-order valence-electron chi connectivity index (χ3n) is 11.6. The van der Waals surface area contributed by atoms with Crippen molar-refractivity contribution in [2.24, 2.45) is 5.92 Å². The van der Waals surface area contributed by atoms with Crippen LogP contribution in [-0.4, -0.2) is 163 Å². The first kappa shape index (κ1) is 55.7. The Morgan fingerprint density at radius 1 is 0.986 bits per heavy atom. The largest absolute Gasteiger partial charge is 1.00 e. The minimum atomic E-state index is -5.68. The second-order valence-corrected chi connectivity index (χ2v) is 17.6. The monoisotopic (exact) mass is 1000 g/mol. The number of aliphatic carboxylic acids is 1. The first-order valence-corrected chi connectivity index (χ1v) is 22.9. The number of ketones is 1. The molecular weight excluding hydrogens is 948 g/mol. The first-order chi connectivity index (χ1) is 32.3. The number of aliphatic hydroxyl groups excluding tert-OH is 6. The quantitative estimate of drug-likeness (QED) is 0.0240. The van der Waals surface area contributed by atoms with Crippen molar-refractivity contribution >= 4 is 37.4 Å². The summed E-state index contributed by atoms with van der Waals surface area (Å²) in [5, 5.41) is 80.2. The minimum Gasteiger partial charge on any atom is -0.544 e. The summed E-state index contributed by atoms with van der Waals surface area (Å²) in [7, 11) is -5.68. The SMILES string of the molecule is Nc1ccn([C@@H]2O[C@H](COP(=O)(O)OC3(C(=O)[O-])CC(O)C(CC(=O)CNC(=O)CCOCCCNC(=O)OCC4c5ccccc5-c5ccccc54)C(C(O)[C@H](O)CO)O3)[C@H](O)C2O)c(=O)n1.[Na+]. The number of carbonyl (C=O) groups is 4. The van der Waals surface area contributed by atoms with E-state index in [-0.39, 0.29) is 74.1 Å². The number of benzene rings is 2. The van der Waals surface area contributed by atoms with Crippen LogP contribution in [0.3, 0.4) is 0 Å². The number of rotatable bonds is 23. The van der Waals surface area contributed by atoms with Crippen molar-refractivity contribution in [2.45, 2.75) is 86.3 Å². The third kappa shape index (κ3) is 13.8. The van der Waals surface area contributed by atoms with E-state index in [9.17, 15) is 69.2 Å². The molecule has 3 aliphatic rings. The second-order valence-electron chi connectivity index (χ2n) is 16.2. The van der Waals surface area contributed by atoms with Gasteiger partial charge in [0.2, 0.25) is 11.7 Å². The molecule has 1 aromatic heterocycles. The van der Waals surface area contributed by atoms with Crippen LogP contribution in [0.25, 0.3) is 11.1 Å². The molecule has 11 N–H and O–H groups in total. The number of nitrogens with zero attached hydrogens (tertiary/aromatic N) is 2. The third-order valence-corrected chi connectivity index (χ3v) is 12.6. The van der Waals surface area contributed by atoms with E-state index in [4.69, 9.17) is 33.7 Å². The number of carboxylic acid groups (broad SMARTS) is 1. The maximum absolute atomic E-state index is 13.1. The van der Waals surface area contributed by atoms with Crippen LogP contribution in [0, 0.1) is 5.92 Å². The van der Waals surface area contributed by atoms with Gasteiger partial charge in [-0.1, -0.05) is 48.5 Å².